The standard InChI is InChI=1S/C26H27N5O5/c1-4-12-35-13-14-36-26(33)19-15-20(17-27)25(21(16-19)18-28)30-29-22-6-8-23(9-7-22)31(5-2)11-10-24(32)34-3/h4,6-9,15-16H,1,5,10-14H2,2-3H3. The lowest BCUT2D eigenvalue weighted by atomic mass is 10.0. The van der Waals surface area contributed by atoms with E-state index in [1.807, 2.05) is 36.1 Å². The number of anilines is 1. The SMILES string of the molecule is C=CCOCCOC(=O)c1cc(C#N)c(N=Nc2ccc(N(CC)CCC(=O)OC)cc2)c(C#N)c1. The van der Waals surface area contributed by atoms with Gasteiger partial charge in [0.2, 0.25) is 0 Å². The molecule has 2 aromatic rings. The minimum Gasteiger partial charge on any atom is -0.469 e. The van der Waals surface area contributed by atoms with Crippen LogP contribution in [-0.2, 0) is 19.0 Å². The normalized spacial score (nSPS) is 10.3. The number of azo groups is 1. The Morgan fingerprint density at radius 3 is 2.31 bits per heavy atom. The molecule has 0 spiro atoms. The Morgan fingerprint density at radius 1 is 1.08 bits per heavy atom. The maximum atomic E-state index is 12.3. The molecule has 0 fully saturated rings. The zero-order chi connectivity index (χ0) is 26.3. The summed E-state index contributed by atoms with van der Waals surface area (Å²) in [4.78, 5) is 25.8. The van der Waals surface area contributed by atoms with Gasteiger partial charge in [0.05, 0.1) is 49.1 Å². The van der Waals surface area contributed by atoms with Crippen LogP contribution in [0.4, 0.5) is 17.1 Å². The first-order valence-electron chi connectivity index (χ1n) is 11.1. The molecular formula is C26H27N5O5. The zero-order valence-electron chi connectivity index (χ0n) is 20.3. The van der Waals surface area contributed by atoms with Crippen LogP contribution in [0.15, 0.2) is 59.3 Å². The Hall–Kier alpha value is -4.54. The van der Waals surface area contributed by atoms with E-state index in [1.54, 1.807) is 18.2 Å². The van der Waals surface area contributed by atoms with Gasteiger partial charge in [0, 0.05) is 18.8 Å². The summed E-state index contributed by atoms with van der Waals surface area (Å²) >= 11 is 0. The topological polar surface area (TPSA) is 137 Å². The molecule has 10 heteroatoms. The minimum atomic E-state index is -0.683. The van der Waals surface area contributed by atoms with E-state index in [9.17, 15) is 20.1 Å². The van der Waals surface area contributed by atoms with E-state index in [2.05, 4.69) is 21.5 Å². The minimum absolute atomic E-state index is 0.0178. The van der Waals surface area contributed by atoms with Gasteiger partial charge < -0.3 is 19.1 Å². The van der Waals surface area contributed by atoms with Crippen LogP contribution in [0.1, 0.15) is 34.8 Å². The van der Waals surface area contributed by atoms with Gasteiger partial charge in [-0.3, -0.25) is 4.79 Å². The monoisotopic (exact) mass is 489 g/mol. The second kappa shape index (κ2) is 14.7. The number of hydrogen-bond donors (Lipinski definition) is 0. The highest BCUT2D eigenvalue weighted by molar-refractivity contribution is 5.91. The molecule has 0 N–H and O–H groups in total. The molecule has 2 rings (SSSR count). The molecule has 0 heterocycles. The van der Waals surface area contributed by atoms with Crippen molar-refractivity contribution in [3.8, 4) is 12.1 Å². The van der Waals surface area contributed by atoms with Gasteiger partial charge in [-0.05, 0) is 43.3 Å². The van der Waals surface area contributed by atoms with E-state index in [0.29, 0.717) is 25.4 Å². The van der Waals surface area contributed by atoms with Crippen molar-refractivity contribution in [3.63, 3.8) is 0 Å². The van der Waals surface area contributed by atoms with E-state index >= 15 is 0 Å². The lowest BCUT2D eigenvalue weighted by Gasteiger charge is -2.22. The molecule has 0 amide bonds. The van der Waals surface area contributed by atoms with Crippen molar-refractivity contribution in [1.29, 1.82) is 10.5 Å². The lowest BCUT2D eigenvalue weighted by molar-refractivity contribution is -0.140. The number of nitriles is 2. The maximum Gasteiger partial charge on any atom is 0.338 e. The van der Waals surface area contributed by atoms with Gasteiger partial charge in [-0.15, -0.1) is 11.7 Å². The van der Waals surface area contributed by atoms with Gasteiger partial charge in [-0.1, -0.05) is 6.08 Å². The molecule has 186 valence electrons. The quantitative estimate of drug-likeness (QED) is 0.172. The van der Waals surface area contributed by atoms with E-state index in [4.69, 9.17) is 9.47 Å². The molecule has 0 bridgehead atoms. The molecule has 0 unspecified atom stereocenters. The summed E-state index contributed by atoms with van der Waals surface area (Å²) in [6, 6.07) is 13.7. The molecule has 0 aliphatic heterocycles. The summed E-state index contributed by atoms with van der Waals surface area (Å²) in [6.07, 6.45) is 1.85. The van der Waals surface area contributed by atoms with E-state index in [-0.39, 0.29) is 48.0 Å². The number of carbonyl (C=O) groups is 2. The van der Waals surface area contributed by atoms with Crippen molar-refractivity contribution in [2.24, 2.45) is 10.2 Å². The van der Waals surface area contributed by atoms with Gasteiger partial charge in [0.15, 0.2) is 0 Å². The Kier molecular flexibility index (Phi) is 11.3. The molecular weight excluding hydrogens is 462 g/mol. The van der Waals surface area contributed by atoms with E-state index in [0.717, 1.165) is 5.69 Å². The molecule has 0 aliphatic rings. The second-order valence-electron chi connectivity index (χ2n) is 7.27. The number of methoxy groups -OCH3 is 1. The number of ether oxygens (including phenoxy) is 3. The van der Waals surface area contributed by atoms with Crippen LogP contribution in [0.25, 0.3) is 0 Å². The van der Waals surface area contributed by atoms with E-state index < -0.39 is 5.97 Å². The Labute approximate surface area is 210 Å². The molecule has 0 atom stereocenters. The van der Waals surface area contributed by atoms with Crippen LogP contribution in [0.5, 0.6) is 0 Å². The maximum absolute atomic E-state index is 12.3. The van der Waals surface area contributed by atoms with Gasteiger partial charge in [-0.2, -0.15) is 15.6 Å². The molecule has 2 aromatic carbocycles. The van der Waals surface area contributed by atoms with Crippen LogP contribution < -0.4 is 4.90 Å². The van der Waals surface area contributed by atoms with Gasteiger partial charge >= 0.3 is 11.9 Å². The Morgan fingerprint density at radius 2 is 1.75 bits per heavy atom. The fourth-order valence-corrected chi connectivity index (χ4v) is 3.11. The van der Waals surface area contributed by atoms with Crippen molar-refractivity contribution in [3.05, 3.63) is 65.7 Å². The van der Waals surface area contributed by atoms with Crippen LogP contribution in [-0.4, -0.2) is 52.0 Å². The van der Waals surface area contributed by atoms with Crippen LogP contribution in [0.3, 0.4) is 0 Å². The molecule has 0 radical (unpaired) electrons. The van der Waals surface area contributed by atoms with Crippen LogP contribution >= 0.6 is 0 Å². The first-order chi connectivity index (χ1) is 17.5. The predicted octanol–water partition coefficient (Wildman–Crippen LogP) is 4.59. The smallest absolute Gasteiger partial charge is 0.338 e. The van der Waals surface area contributed by atoms with E-state index in [1.165, 1.54) is 19.2 Å². The van der Waals surface area contributed by atoms with Crippen molar-refractivity contribution in [1.82, 2.24) is 0 Å². The highest BCUT2D eigenvalue weighted by Crippen LogP contribution is 2.29. The summed E-state index contributed by atoms with van der Waals surface area (Å²) in [7, 11) is 1.36. The average Bonchev–Trinajstić information content (AvgIpc) is 2.91. The summed E-state index contributed by atoms with van der Waals surface area (Å²) in [5.74, 6) is -0.964. The lowest BCUT2D eigenvalue weighted by Crippen LogP contribution is -2.25. The largest absolute Gasteiger partial charge is 0.469 e. The van der Waals surface area contributed by atoms with Gasteiger partial charge in [0.1, 0.15) is 24.4 Å². The van der Waals surface area contributed by atoms with Crippen LogP contribution in [0.2, 0.25) is 0 Å². The number of rotatable bonds is 13. The highest BCUT2D eigenvalue weighted by atomic mass is 16.6. The molecule has 0 aromatic heterocycles. The first-order valence-corrected chi connectivity index (χ1v) is 11.1. The third-order valence-electron chi connectivity index (χ3n) is 4.96. The number of nitrogens with zero attached hydrogens (tertiary/aromatic N) is 5. The van der Waals surface area contributed by atoms with Gasteiger partial charge in [-0.25, -0.2) is 4.79 Å². The predicted molar refractivity (Wildman–Crippen MR) is 132 cm³/mol. The fourth-order valence-electron chi connectivity index (χ4n) is 3.11. The number of esters is 2. The molecule has 0 aliphatic carbocycles. The Bertz CT molecular complexity index is 1140. The second-order valence-corrected chi connectivity index (χ2v) is 7.27. The third-order valence-corrected chi connectivity index (χ3v) is 4.96. The third kappa shape index (κ3) is 8.05. The molecule has 0 saturated carbocycles. The summed E-state index contributed by atoms with van der Waals surface area (Å²) < 4.78 is 15.0. The molecule has 10 nitrogen and oxygen atoms in total. The molecule has 0 saturated heterocycles. The van der Waals surface area contributed by atoms with Crippen LogP contribution in [0, 0.1) is 22.7 Å². The zero-order valence-corrected chi connectivity index (χ0v) is 20.3. The van der Waals surface area contributed by atoms with Gasteiger partial charge in [0.25, 0.3) is 0 Å². The fraction of sp³-hybridized carbons (Fsp3) is 0.308. The summed E-state index contributed by atoms with van der Waals surface area (Å²) in [5.41, 5.74) is 1.55. The average molecular weight is 490 g/mol. The molecule has 36 heavy (non-hydrogen) atoms. The van der Waals surface area contributed by atoms with Crippen molar-refractivity contribution in [2.45, 2.75) is 13.3 Å². The summed E-state index contributed by atoms with van der Waals surface area (Å²) in [5, 5.41) is 27.4. The number of benzene rings is 2. The first kappa shape index (κ1) is 27.7. The Balaban J connectivity index is 2.17. The van der Waals surface area contributed by atoms with Crippen molar-refractivity contribution in [2.75, 3.05) is 44.9 Å². The summed E-state index contributed by atoms with van der Waals surface area (Å²) in [6.45, 7) is 7.27. The highest BCUT2D eigenvalue weighted by Gasteiger charge is 2.16. The number of hydrogen-bond acceptors (Lipinski definition) is 10. The number of carbonyl (C=O) groups excluding carboxylic acids is 2. The van der Waals surface area contributed by atoms with Crippen molar-refractivity contribution >= 4 is 29.0 Å². The van der Waals surface area contributed by atoms with Crippen molar-refractivity contribution < 1.29 is 23.8 Å².